The maximum atomic E-state index is 12.0. The highest BCUT2D eigenvalue weighted by Crippen LogP contribution is 2.19. The van der Waals surface area contributed by atoms with Crippen LogP contribution in [0.1, 0.15) is 25.3 Å². The molecule has 1 N–H and O–H groups in total. The number of ether oxygens (including phenoxy) is 1. The van der Waals surface area contributed by atoms with Gasteiger partial charge in [0.1, 0.15) is 0 Å². The van der Waals surface area contributed by atoms with Crippen molar-refractivity contribution in [2.24, 2.45) is 0 Å². The van der Waals surface area contributed by atoms with Crippen molar-refractivity contribution >= 4 is 31.9 Å². The average molecular weight is 364 g/mol. The Morgan fingerprint density at radius 1 is 1.40 bits per heavy atom. The first kappa shape index (κ1) is 17.1. The van der Waals surface area contributed by atoms with Crippen molar-refractivity contribution in [3.63, 3.8) is 0 Å². The van der Waals surface area contributed by atoms with Gasteiger partial charge in [-0.3, -0.25) is 4.79 Å². The van der Waals surface area contributed by atoms with Crippen LogP contribution < -0.4 is 4.72 Å². The summed E-state index contributed by atoms with van der Waals surface area (Å²) in [4.78, 5) is 11.3. The molecule has 0 bridgehead atoms. The molecule has 0 amide bonds. The molecule has 0 aliphatic carbocycles. The lowest BCUT2D eigenvalue weighted by atomic mass is 10.2. The number of rotatable bonds is 7. The summed E-state index contributed by atoms with van der Waals surface area (Å²) < 4.78 is 32.1. The molecule has 1 rings (SSSR count). The summed E-state index contributed by atoms with van der Waals surface area (Å²) in [6.45, 7) is 4.10. The zero-order valence-electron chi connectivity index (χ0n) is 11.5. The van der Waals surface area contributed by atoms with Gasteiger partial charge >= 0.3 is 5.97 Å². The fourth-order valence-electron chi connectivity index (χ4n) is 1.54. The Labute approximate surface area is 127 Å². The summed E-state index contributed by atoms with van der Waals surface area (Å²) in [6, 6.07) is 4.82. The minimum Gasteiger partial charge on any atom is -0.466 e. The number of halogens is 1. The number of carbonyl (C=O) groups is 1. The Bertz CT molecular complexity index is 572. The van der Waals surface area contributed by atoms with Crippen molar-refractivity contribution in [1.29, 1.82) is 0 Å². The van der Waals surface area contributed by atoms with E-state index in [1.807, 2.05) is 6.92 Å². The quantitative estimate of drug-likeness (QED) is 0.596. The molecule has 0 aromatic heterocycles. The van der Waals surface area contributed by atoms with E-state index in [0.717, 1.165) is 10.0 Å². The molecule has 0 heterocycles. The first-order valence-electron chi connectivity index (χ1n) is 6.28. The fourth-order valence-corrected chi connectivity index (χ4v) is 2.95. The van der Waals surface area contributed by atoms with Crippen molar-refractivity contribution in [1.82, 2.24) is 4.72 Å². The molecule has 0 fully saturated rings. The standard InChI is InChI=1S/C13H18BrNO4S/c1-3-19-13(16)5-4-8-15-20(17,18)11-6-7-12(14)10(2)9-11/h6-7,9,15H,3-5,8H2,1-2H3. The summed E-state index contributed by atoms with van der Waals surface area (Å²) in [5.41, 5.74) is 0.847. The van der Waals surface area contributed by atoms with Crippen LogP contribution in [0.5, 0.6) is 0 Å². The van der Waals surface area contributed by atoms with E-state index >= 15 is 0 Å². The Morgan fingerprint density at radius 2 is 2.10 bits per heavy atom. The molecular formula is C13H18BrNO4S. The Balaban J connectivity index is 2.53. The molecule has 20 heavy (non-hydrogen) atoms. The van der Waals surface area contributed by atoms with Crippen LogP contribution in [0.4, 0.5) is 0 Å². The molecule has 0 atom stereocenters. The van der Waals surface area contributed by atoms with E-state index in [1.54, 1.807) is 19.1 Å². The molecule has 0 aliphatic rings. The van der Waals surface area contributed by atoms with Gasteiger partial charge in [-0.15, -0.1) is 0 Å². The van der Waals surface area contributed by atoms with Gasteiger partial charge in [-0.2, -0.15) is 0 Å². The summed E-state index contributed by atoms with van der Waals surface area (Å²) in [5.74, 6) is -0.314. The molecular weight excluding hydrogens is 346 g/mol. The van der Waals surface area contributed by atoms with Crippen LogP contribution in [0.25, 0.3) is 0 Å². The van der Waals surface area contributed by atoms with E-state index in [4.69, 9.17) is 4.74 Å². The van der Waals surface area contributed by atoms with Gasteiger partial charge in [0.15, 0.2) is 0 Å². The Morgan fingerprint density at radius 3 is 2.70 bits per heavy atom. The highest BCUT2D eigenvalue weighted by atomic mass is 79.9. The summed E-state index contributed by atoms with van der Waals surface area (Å²) in [7, 11) is -3.53. The molecule has 0 saturated heterocycles. The van der Waals surface area contributed by atoms with Crippen molar-refractivity contribution in [3.8, 4) is 0 Å². The van der Waals surface area contributed by atoms with Crippen LogP contribution in [-0.4, -0.2) is 27.5 Å². The summed E-state index contributed by atoms with van der Waals surface area (Å²) in [5, 5.41) is 0. The zero-order valence-corrected chi connectivity index (χ0v) is 13.9. The van der Waals surface area contributed by atoms with Gasteiger partial charge < -0.3 is 4.74 Å². The molecule has 0 radical (unpaired) electrons. The van der Waals surface area contributed by atoms with E-state index in [2.05, 4.69) is 20.7 Å². The smallest absolute Gasteiger partial charge is 0.305 e. The number of hydrogen-bond acceptors (Lipinski definition) is 4. The third-order valence-electron chi connectivity index (χ3n) is 2.59. The van der Waals surface area contributed by atoms with Crippen LogP contribution in [0.15, 0.2) is 27.6 Å². The monoisotopic (exact) mass is 363 g/mol. The second kappa shape index (κ2) is 7.75. The van der Waals surface area contributed by atoms with E-state index in [9.17, 15) is 13.2 Å². The lowest BCUT2D eigenvalue weighted by Crippen LogP contribution is -2.25. The number of carbonyl (C=O) groups excluding carboxylic acids is 1. The van der Waals surface area contributed by atoms with Gasteiger partial charge in [0, 0.05) is 17.4 Å². The molecule has 0 aliphatic heterocycles. The number of sulfonamides is 1. The van der Waals surface area contributed by atoms with Crippen LogP contribution in [0.2, 0.25) is 0 Å². The van der Waals surface area contributed by atoms with Crippen molar-refractivity contribution in [2.45, 2.75) is 31.6 Å². The minimum atomic E-state index is -3.53. The second-order valence-corrected chi connectivity index (χ2v) is 6.84. The van der Waals surface area contributed by atoms with Gasteiger partial charge in [0.25, 0.3) is 0 Å². The molecule has 5 nitrogen and oxygen atoms in total. The number of nitrogens with one attached hydrogen (secondary N) is 1. The average Bonchev–Trinajstić information content (AvgIpc) is 2.38. The molecule has 1 aromatic rings. The van der Waals surface area contributed by atoms with Crippen molar-refractivity contribution in [2.75, 3.05) is 13.2 Å². The van der Waals surface area contributed by atoms with E-state index in [1.165, 1.54) is 6.07 Å². The fraction of sp³-hybridized carbons (Fsp3) is 0.462. The number of aryl methyl sites for hydroxylation is 1. The minimum absolute atomic E-state index is 0.204. The molecule has 7 heteroatoms. The Hall–Kier alpha value is -0.920. The van der Waals surface area contributed by atoms with E-state index < -0.39 is 10.0 Å². The van der Waals surface area contributed by atoms with Crippen LogP contribution >= 0.6 is 15.9 Å². The largest absolute Gasteiger partial charge is 0.466 e. The maximum absolute atomic E-state index is 12.0. The molecule has 0 spiro atoms. The van der Waals surface area contributed by atoms with E-state index in [0.29, 0.717) is 13.0 Å². The summed E-state index contributed by atoms with van der Waals surface area (Å²) in [6.07, 6.45) is 0.614. The Kier molecular flexibility index (Phi) is 6.64. The van der Waals surface area contributed by atoms with Gasteiger partial charge in [0.2, 0.25) is 10.0 Å². The van der Waals surface area contributed by atoms with Crippen LogP contribution in [-0.2, 0) is 19.6 Å². The van der Waals surface area contributed by atoms with Gasteiger partial charge in [-0.25, -0.2) is 13.1 Å². The molecule has 112 valence electrons. The highest BCUT2D eigenvalue weighted by molar-refractivity contribution is 9.10. The van der Waals surface area contributed by atoms with Gasteiger partial charge in [-0.1, -0.05) is 15.9 Å². The molecule has 1 aromatic carbocycles. The number of benzene rings is 1. The third-order valence-corrected chi connectivity index (χ3v) is 4.94. The number of esters is 1. The SMILES string of the molecule is CCOC(=O)CCCNS(=O)(=O)c1ccc(Br)c(C)c1. The second-order valence-electron chi connectivity index (χ2n) is 4.22. The lowest BCUT2D eigenvalue weighted by Gasteiger charge is -2.08. The van der Waals surface area contributed by atoms with Gasteiger partial charge in [-0.05, 0) is 44.0 Å². The van der Waals surface area contributed by atoms with E-state index in [-0.39, 0.29) is 23.8 Å². The van der Waals surface area contributed by atoms with Crippen molar-refractivity contribution < 1.29 is 17.9 Å². The van der Waals surface area contributed by atoms with Crippen LogP contribution in [0.3, 0.4) is 0 Å². The predicted molar refractivity (Wildman–Crippen MR) is 79.9 cm³/mol. The molecule has 0 unspecified atom stereocenters. The summed E-state index contributed by atoms with van der Waals surface area (Å²) >= 11 is 3.32. The van der Waals surface area contributed by atoms with Gasteiger partial charge in [0.05, 0.1) is 11.5 Å². The van der Waals surface area contributed by atoms with Crippen molar-refractivity contribution in [3.05, 3.63) is 28.2 Å². The third kappa shape index (κ3) is 5.22. The zero-order chi connectivity index (χ0) is 15.2. The van der Waals surface area contributed by atoms with Crippen LogP contribution in [0, 0.1) is 6.92 Å². The topological polar surface area (TPSA) is 72.5 Å². The number of hydrogen-bond donors (Lipinski definition) is 1. The first-order valence-corrected chi connectivity index (χ1v) is 8.56. The lowest BCUT2D eigenvalue weighted by molar-refractivity contribution is -0.143. The first-order chi connectivity index (χ1) is 9.36. The molecule has 0 saturated carbocycles. The predicted octanol–water partition coefficient (Wildman–Crippen LogP) is 2.38. The maximum Gasteiger partial charge on any atom is 0.305 e. The normalized spacial score (nSPS) is 11.3. The highest BCUT2D eigenvalue weighted by Gasteiger charge is 2.14.